The maximum Gasteiger partial charge on any atom is 0.155 e. The van der Waals surface area contributed by atoms with Crippen molar-refractivity contribution >= 4 is 16.6 Å². The van der Waals surface area contributed by atoms with Gasteiger partial charge < -0.3 is 9.88 Å². The lowest BCUT2D eigenvalue weighted by Gasteiger charge is -2.30. The molecule has 1 aliphatic heterocycles. The highest BCUT2D eigenvalue weighted by atomic mass is 15.2. The number of rotatable bonds is 5. The summed E-state index contributed by atoms with van der Waals surface area (Å²) in [5, 5.41) is 5.46. The van der Waals surface area contributed by atoms with E-state index >= 15 is 0 Å². The van der Waals surface area contributed by atoms with Crippen LogP contribution >= 0.6 is 0 Å². The van der Waals surface area contributed by atoms with Crippen molar-refractivity contribution in [1.29, 1.82) is 0 Å². The fourth-order valence-electron chi connectivity index (χ4n) is 7.55. The molecule has 0 fully saturated rings. The second kappa shape index (κ2) is 11.6. The zero-order valence-electron chi connectivity index (χ0n) is 28.4. The SMILES string of the molecule is Cc1cc2ccccc2n1-c1cn(C)c(C2Nc3c(C(C)C)cccc3C(C)CC(C)c3cc(C(C)C)cc(C(C)C)c32)n1. The van der Waals surface area contributed by atoms with Crippen LogP contribution in [0.5, 0.6) is 0 Å². The van der Waals surface area contributed by atoms with Crippen LogP contribution in [0.15, 0.2) is 66.9 Å². The van der Waals surface area contributed by atoms with Crippen LogP contribution in [-0.4, -0.2) is 14.1 Å². The second-order valence-corrected chi connectivity index (χ2v) is 14.3. The van der Waals surface area contributed by atoms with Crippen LogP contribution in [0.3, 0.4) is 0 Å². The summed E-state index contributed by atoms with van der Waals surface area (Å²) < 4.78 is 4.56. The Hall–Kier alpha value is -3.79. The fourth-order valence-corrected chi connectivity index (χ4v) is 7.55. The molecule has 0 saturated heterocycles. The molecule has 230 valence electrons. The summed E-state index contributed by atoms with van der Waals surface area (Å²) in [6.07, 6.45) is 3.32. The Labute approximate surface area is 264 Å². The maximum absolute atomic E-state index is 5.50. The first-order chi connectivity index (χ1) is 21.0. The summed E-state index contributed by atoms with van der Waals surface area (Å²) in [6.45, 7) is 21.0. The van der Waals surface area contributed by atoms with Crippen LogP contribution < -0.4 is 5.32 Å². The summed E-state index contributed by atoms with van der Waals surface area (Å²) >= 11 is 0. The molecule has 3 aromatic carbocycles. The Morgan fingerprint density at radius 2 is 1.50 bits per heavy atom. The molecular formula is C40H50N4. The first kappa shape index (κ1) is 30.2. The molecule has 0 aliphatic carbocycles. The molecule has 2 aromatic heterocycles. The summed E-state index contributed by atoms with van der Waals surface area (Å²) in [7, 11) is 2.17. The van der Waals surface area contributed by atoms with Crippen LogP contribution in [-0.2, 0) is 7.05 Å². The van der Waals surface area contributed by atoms with Crippen molar-refractivity contribution in [2.75, 3.05) is 5.32 Å². The van der Waals surface area contributed by atoms with Gasteiger partial charge in [0.2, 0.25) is 0 Å². The Morgan fingerprint density at radius 1 is 0.795 bits per heavy atom. The molecule has 6 rings (SSSR count). The van der Waals surface area contributed by atoms with Crippen molar-refractivity contribution in [3.63, 3.8) is 0 Å². The number of para-hydroxylation sites is 2. The third kappa shape index (κ3) is 5.16. The third-order valence-corrected chi connectivity index (χ3v) is 9.93. The van der Waals surface area contributed by atoms with Crippen molar-refractivity contribution in [2.24, 2.45) is 7.05 Å². The molecule has 4 heteroatoms. The van der Waals surface area contributed by atoms with Gasteiger partial charge >= 0.3 is 0 Å². The van der Waals surface area contributed by atoms with Crippen molar-refractivity contribution in [3.8, 4) is 5.82 Å². The Kier molecular flexibility index (Phi) is 7.98. The molecule has 1 N–H and O–H groups in total. The zero-order chi connectivity index (χ0) is 31.4. The molecule has 0 amide bonds. The number of aromatic nitrogens is 3. The van der Waals surface area contributed by atoms with Gasteiger partial charge in [-0.1, -0.05) is 104 Å². The van der Waals surface area contributed by atoms with Gasteiger partial charge in [0.15, 0.2) is 5.82 Å². The number of benzene rings is 3. The van der Waals surface area contributed by atoms with Crippen molar-refractivity contribution in [3.05, 3.63) is 112 Å². The van der Waals surface area contributed by atoms with Gasteiger partial charge in [0.25, 0.3) is 0 Å². The molecule has 3 heterocycles. The van der Waals surface area contributed by atoms with E-state index in [-0.39, 0.29) is 6.04 Å². The number of imidazole rings is 1. The monoisotopic (exact) mass is 586 g/mol. The predicted molar refractivity (Wildman–Crippen MR) is 187 cm³/mol. The molecule has 0 radical (unpaired) electrons. The minimum absolute atomic E-state index is 0.101. The van der Waals surface area contributed by atoms with Crippen LogP contribution in [0.1, 0.15) is 142 Å². The van der Waals surface area contributed by atoms with Crippen molar-refractivity contribution in [1.82, 2.24) is 14.1 Å². The van der Waals surface area contributed by atoms with Crippen LogP contribution in [0.25, 0.3) is 16.7 Å². The minimum Gasteiger partial charge on any atom is -0.371 e. The Balaban J connectivity index is 1.66. The maximum atomic E-state index is 5.50. The third-order valence-electron chi connectivity index (χ3n) is 9.93. The van der Waals surface area contributed by atoms with E-state index in [0.29, 0.717) is 29.6 Å². The van der Waals surface area contributed by atoms with Crippen molar-refractivity contribution in [2.45, 2.75) is 104 Å². The first-order valence-electron chi connectivity index (χ1n) is 16.6. The van der Waals surface area contributed by atoms with E-state index in [4.69, 9.17) is 4.98 Å². The van der Waals surface area contributed by atoms with Gasteiger partial charge in [0.1, 0.15) is 11.9 Å². The lowest BCUT2D eigenvalue weighted by Crippen LogP contribution is -2.22. The summed E-state index contributed by atoms with van der Waals surface area (Å²) in [6, 6.07) is 22.7. The van der Waals surface area contributed by atoms with E-state index in [9.17, 15) is 0 Å². The molecule has 3 atom stereocenters. The van der Waals surface area contributed by atoms with E-state index in [0.717, 1.165) is 18.1 Å². The number of aryl methyl sites for hydroxylation is 2. The van der Waals surface area contributed by atoms with Gasteiger partial charge in [0, 0.05) is 30.0 Å². The molecule has 0 spiro atoms. The molecule has 1 aliphatic rings. The molecule has 44 heavy (non-hydrogen) atoms. The number of hydrogen-bond donors (Lipinski definition) is 1. The quantitative estimate of drug-likeness (QED) is 0.222. The van der Waals surface area contributed by atoms with Gasteiger partial charge in [-0.2, -0.15) is 0 Å². The molecular weight excluding hydrogens is 536 g/mol. The molecule has 3 unspecified atom stereocenters. The largest absolute Gasteiger partial charge is 0.371 e. The van der Waals surface area contributed by atoms with Crippen LogP contribution in [0.2, 0.25) is 0 Å². The van der Waals surface area contributed by atoms with E-state index in [1.807, 2.05) is 0 Å². The highest BCUT2D eigenvalue weighted by molar-refractivity contribution is 5.83. The number of hydrogen-bond acceptors (Lipinski definition) is 2. The number of nitrogens with zero attached hydrogens (tertiary/aromatic N) is 3. The summed E-state index contributed by atoms with van der Waals surface area (Å²) in [5.74, 6) is 4.10. The van der Waals surface area contributed by atoms with Gasteiger partial charge in [-0.25, -0.2) is 4.98 Å². The number of fused-ring (bicyclic) bond motifs is 3. The van der Waals surface area contributed by atoms with E-state index in [1.54, 1.807) is 0 Å². The lowest BCUT2D eigenvalue weighted by molar-refractivity contribution is 0.588. The molecule has 0 bridgehead atoms. The normalized spacial score (nSPS) is 18.7. The van der Waals surface area contributed by atoms with E-state index in [1.165, 1.54) is 55.7 Å². The standard InChI is InChI=1S/C40H50N4/c1-23(2)30-20-33(25(5)6)37-34(21-30)27(8)18-26(7)32-16-13-15-31(24(3)4)38(32)42-39(37)40-41-36(22-43(40)10)44-28(9)19-29-14-11-12-17-35(29)44/h11-17,19-27,39,42H,18H2,1-10H3. The average molecular weight is 587 g/mol. The molecule has 0 saturated carbocycles. The van der Waals surface area contributed by atoms with Crippen molar-refractivity contribution < 1.29 is 0 Å². The van der Waals surface area contributed by atoms with Gasteiger partial charge in [0.05, 0.1) is 5.52 Å². The zero-order valence-corrected chi connectivity index (χ0v) is 28.4. The summed E-state index contributed by atoms with van der Waals surface area (Å²) in [4.78, 5) is 5.50. The molecule has 4 nitrogen and oxygen atoms in total. The highest BCUT2D eigenvalue weighted by Crippen LogP contribution is 2.46. The fraction of sp³-hybridized carbons (Fsp3) is 0.425. The molecule has 5 aromatic rings. The smallest absolute Gasteiger partial charge is 0.155 e. The number of anilines is 1. The first-order valence-corrected chi connectivity index (χ1v) is 16.6. The van der Waals surface area contributed by atoms with Crippen LogP contribution in [0.4, 0.5) is 5.69 Å². The van der Waals surface area contributed by atoms with Gasteiger partial charge in [-0.3, -0.25) is 4.57 Å². The highest BCUT2D eigenvalue weighted by Gasteiger charge is 2.33. The summed E-state index contributed by atoms with van der Waals surface area (Å²) in [5.41, 5.74) is 12.2. The second-order valence-electron chi connectivity index (χ2n) is 14.3. The Bertz CT molecular complexity index is 1810. The lowest BCUT2D eigenvalue weighted by atomic mass is 9.79. The topological polar surface area (TPSA) is 34.8 Å². The van der Waals surface area contributed by atoms with E-state index in [2.05, 4.69) is 151 Å². The van der Waals surface area contributed by atoms with E-state index < -0.39 is 0 Å². The van der Waals surface area contributed by atoms with Crippen LogP contribution in [0, 0.1) is 6.92 Å². The van der Waals surface area contributed by atoms with Gasteiger partial charge in [-0.15, -0.1) is 0 Å². The Morgan fingerprint density at radius 3 is 2.20 bits per heavy atom. The minimum atomic E-state index is -0.101. The average Bonchev–Trinajstić information content (AvgIpc) is 3.53. The predicted octanol–water partition coefficient (Wildman–Crippen LogP) is 10.9. The number of nitrogens with one attached hydrogen (secondary N) is 1. The van der Waals surface area contributed by atoms with Gasteiger partial charge in [-0.05, 0) is 88.4 Å².